The van der Waals surface area contributed by atoms with Crippen LogP contribution in [0, 0.1) is 6.92 Å². The van der Waals surface area contributed by atoms with Crippen molar-refractivity contribution in [2.45, 2.75) is 18.4 Å². The molecule has 1 fully saturated rings. The first-order chi connectivity index (χ1) is 9.50. The number of Topliss-reactive ketones (excluding diaryl/α,β-unsaturated/α-hetero) is 1. The molecule has 2 N–H and O–H groups in total. The molecular formula is C14H14O4S2. The Bertz CT molecular complexity index is 699. The third-order valence-electron chi connectivity index (χ3n) is 3.35. The fourth-order valence-corrected chi connectivity index (χ4v) is 5.43. The molecule has 0 aliphatic carbocycles. The Labute approximate surface area is 124 Å². The lowest BCUT2D eigenvalue weighted by Crippen LogP contribution is -1.96. The van der Waals surface area contributed by atoms with Crippen molar-refractivity contribution in [3.8, 4) is 11.5 Å². The molecule has 4 nitrogen and oxygen atoms in total. The molecule has 1 aromatic carbocycles. The number of carbonyl (C=O) groups is 1. The minimum absolute atomic E-state index is 0.0967. The Balaban J connectivity index is 2.37. The number of rotatable bonds is 2. The van der Waals surface area contributed by atoms with Gasteiger partial charge in [0, 0.05) is 16.9 Å². The van der Waals surface area contributed by atoms with Gasteiger partial charge in [0.2, 0.25) is 5.75 Å². The molecule has 0 radical (unpaired) electrons. The molecule has 20 heavy (non-hydrogen) atoms. The summed E-state index contributed by atoms with van der Waals surface area (Å²) < 4.78 is 5.67. The minimum atomic E-state index is -0.299. The number of ketones is 1. The van der Waals surface area contributed by atoms with Crippen LogP contribution in [-0.4, -0.2) is 27.5 Å². The van der Waals surface area contributed by atoms with Crippen LogP contribution in [0.4, 0.5) is 0 Å². The lowest BCUT2D eigenvalue weighted by molar-refractivity contribution is 0.101. The number of thioether (sulfide) groups is 2. The van der Waals surface area contributed by atoms with Crippen molar-refractivity contribution in [2.75, 3.05) is 11.5 Å². The van der Waals surface area contributed by atoms with Gasteiger partial charge in [-0.05, 0) is 25.5 Å². The van der Waals surface area contributed by atoms with Crippen LogP contribution in [0.15, 0.2) is 10.5 Å². The van der Waals surface area contributed by atoms with Gasteiger partial charge in [-0.2, -0.15) is 0 Å². The highest BCUT2D eigenvalue weighted by atomic mass is 32.2. The molecule has 1 aromatic heterocycles. The minimum Gasteiger partial charge on any atom is -0.504 e. The molecule has 2 aromatic rings. The average Bonchev–Trinajstić information content (AvgIpc) is 3.00. The lowest BCUT2D eigenvalue weighted by atomic mass is 10.0. The summed E-state index contributed by atoms with van der Waals surface area (Å²) in [5.74, 6) is 1.94. The third-order valence-corrected chi connectivity index (χ3v) is 6.42. The smallest absolute Gasteiger partial charge is 0.201 e. The van der Waals surface area contributed by atoms with E-state index in [4.69, 9.17) is 4.42 Å². The number of phenols is 2. The Hall–Kier alpha value is -1.27. The van der Waals surface area contributed by atoms with Crippen molar-refractivity contribution >= 4 is 40.3 Å². The lowest BCUT2D eigenvalue weighted by Gasteiger charge is -2.12. The third kappa shape index (κ3) is 1.98. The second kappa shape index (κ2) is 4.93. The van der Waals surface area contributed by atoms with Crippen LogP contribution < -0.4 is 0 Å². The topological polar surface area (TPSA) is 70.7 Å². The zero-order valence-electron chi connectivity index (χ0n) is 11.1. The maximum absolute atomic E-state index is 11.9. The molecule has 1 saturated heterocycles. The van der Waals surface area contributed by atoms with Gasteiger partial charge in [-0.3, -0.25) is 4.79 Å². The summed E-state index contributed by atoms with van der Waals surface area (Å²) in [6, 6.07) is 1.55. The van der Waals surface area contributed by atoms with Crippen LogP contribution in [-0.2, 0) is 0 Å². The quantitative estimate of drug-likeness (QED) is 0.649. The molecule has 0 bridgehead atoms. The van der Waals surface area contributed by atoms with Crippen molar-refractivity contribution in [2.24, 2.45) is 0 Å². The second-order valence-electron chi connectivity index (χ2n) is 4.70. The number of hydrogen-bond donors (Lipinski definition) is 2. The summed E-state index contributed by atoms with van der Waals surface area (Å²) in [5.41, 5.74) is 1.55. The normalized spacial score (nSPS) is 16.1. The summed E-state index contributed by atoms with van der Waals surface area (Å²) in [6.45, 7) is 3.19. The first-order valence-electron chi connectivity index (χ1n) is 6.22. The summed E-state index contributed by atoms with van der Waals surface area (Å²) in [4.78, 5) is 11.9. The highest BCUT2D eigenvalue weighted by Gasteiger charge is 2.28. The predicted molar refractivity (Wildman–Crippen MR) is 81.9 cm³/mol. The molecular weight excluding hydrogens is 296 g/mol. The van der Waals surface area contributed by atoms with Crippen molar-refractivity contribution in [1.82, 2.24) is 0 Å². The van der Waals surface area contributed by atoms with E-state index in [1.54, 1.807) is 36.5 Å². The van der Waals surface area contributed by atoms with E-state index < -0.39 is 0 Å². The molecule has 106 valence electrons. The van der Waals surface area contributed by atoms with E-state index in [0.717, 1.165) is 17.1 Å². The molecule has 6 heteroatoms. The average molecular weight is 310 g/mol. The number of hydrogen-bond acceptors (Lipinski definition) is 6. The van der Waals surface area contributed by atoms with Gasteiger partial charge in [0.15, 0.2) is 17.1 Å². The molecule has 0 atom stereocenters. The Morgan fingerprint density at radius 1 is 1.35 bits per heavy atom. The molecule has 1 aliphatic rings. The number of aryl methyl sites for hydroxylation is 1. The molecule has 3 rings (SSSR count). The number of phenolic OH excluding ortho intramolecular Hbond substituents is 2. The standard InChI is InChI=1S/C14H14O4S2/c1-6(15)10-7(2)18-13-11(10)8(5-9(16)12(13)17)14-19-3-4-20-14/h5,14,16-17H,3-4H2,1-2H3. The Morgan fingerprint density at radius 3 is 2.60 bits per heavy atom. The van der Waals surface area contributed by atoms with Crippen LogP contribution >= 0.6 is 23.5 Å². The van der Waals surface area contributed by atoms with E-state index in [1.807, 2.05) is 0 Å². The first-order valence-corrected chi connectivity index (χ1v) is 8.32. The van der Waals surface area contributed by atoms with E-state index in [0.29, 0.717) is 16.7 Å². The zero-order valence-corrected chi connectivity index (χ0v) is 12.7. The fraction of sp³-hybridized carbons (Fsp3) is 0.357. The summed E-state index contributed by atoms with van der Waals surface area (Å²) in [7, 11) is 0. The van der Waals surface area contributed by atoms with Gasteiger partial charge >= 0.3 is 0 Å². The van der Waals surface area contributed by atoms with Crippen molar-refractivity contribution < 1.29 is 19.4 Å². The molecule has 2 heterocycles. The predicted octanol–water partition coefficient (Wildman–Crippen LogP) is 3.83. The molecule has 0 saturated carbocycles. The maximum atomic E-state index is 11.9. The number of carbonyl (C=O) groups excluding carboxylic acids is 1. The molecule has 1 aliphatic heterocycles. The summed E-state index contributed by atoms with van der Waals surface area (Å²) >= 11 is 3.54. The van der Waals surface area contributed by atoms with Crippen LogP contribution in [0.25, 0.3) is 11.0 Å². The van der Waals surface area contributed by atoms with E-state index >= 15 is 0 Å². The fourth-order valence-electron chi connectivity index (χ4n) is 2.54. The number of fused-ring (bicyclic) bond motifs is 1. The monoisotopic (exact) mass is 310 g/mol. The summed E-state index contributed by atoms with van der Waals surface area (Å²) in [5, 5.41) is 20.5. The Morgan fingerprint density at radius 2 is 2.00 bits per heavy atom. The first kappa shape index (κ1) is 13.7. The Kier molecular flexibility index (Phi) is 3.38. The number of benzene rings is 1. The van der Waals surface area contributed by atoms with Gasteiger partial charge < -0.3 is 14.6 Å². The molecule has 0 amide bonds. The van der Waals surface area contributed by atoms with Gasteiger partial charge in [0.25, 0.3) is 0 Å². The van der Waals surface area contributed by atoms with Gasteiger partial charge in [0.1, 0.15) is 5.76 Å². The van der Waals surface area contributed by atoms with Crippen molar-refractivity contribution in [1.29, 1.82) is 0 Å². The molecule has 0 unspecified atom stereocenters. The summed E-state index contributed by atoms with van der Waals surface area (Å²) in [6.07, 6.45) is 0. The van der Waals surface area contributed by atoms with E-state index in [1.165, 1.54) is 6.92 Å². The van der Waals surface area contributed by atoms with E-state index in [-0.39, 0.29) is 27.4 Å². The van der Waals surface area contributed by atoms with Crippen molar-refractivity contribution in [3.63, 3.8) is 0 Å². The van der Waals surface area contributed by atoms with Crippen LogP contribution in [0.5, 0.6) is 11.5 Å². The largest absolute Gasteiger partial charge is 0.504 e. The highest BCUT2D eigenvalue weighted by Crippen LogP contribution is 2.51. The van der Waals surface area contributed by atoms with Crippen molar-refractivity contribution in [3.05, 3.63) is 23.0 Å². The number of aromatic hydroxyl groups is 2. The van der Waals surface area contributed by atoms with Crippen LogP contribution in [0.3, 0.4) is 0 Å². The molecule has 0 spiro atoms. The number of furan rings is 1. The second-order valence-corrected chi connectivity index (χ2v) is 7.42. The SMILES string of the molecule is CC(=O)c1c(C)oc2c(O)c(O)cc(C3SCCS3)c12. The zero-order chi connectivity index (χ0) is 14.4. The van der Waals surface area contributed by atoms with Gasteiger partial charge in [0.05, 0.1) is 10.1 Å². The highest BCUT2D eigenvalue weighted by molar-refractivity contribution is 8.19. The van der Waals surface area contributed by atoms with Gasteiger partial charge in [-0.15, -0.1) is 23.5 Å². The van der Waals surface area contributed by atoms with E-state index in [2.05, 4.69) is 0 Å². The van der Waals surface area contributed by atoms with Gasteiger partial charge in [-0.1, -0.05) is 0 Å². The maximum Gasteiger partial charge on any atom is 0.201 e. The van der Waals surface area contributed by atoms with Crippen LogP contribution in [0.1, 0.15) is 33.2 Å². The van der Waals surface area contributed by atoms with Gasteiger partial charge in [-0.25, -0.2) is 0 Å². The van der Waals surface area contributed by atoms with Crippen LogP contribution in [0.2, 0.25) is 0 Å². The van der Waals surface area contributed by atoms with E-state index in [9.17, 15) is 15.0 Å².